The number of hydrogen-bond acceptors (Lipinski definition) is 3. The molecule has 0 aliphatic carbocycles. The van der Waals surface area contributed by atoms with Gasteiger partial charge in [-0.25, -0.2) is 0 Å². The van der Waals surface area contributed by atoms with Crippen molar-refractivity contribution in [2.75, 3.05) is 6.61 Å². The molecular weight excluding hydrogens is 482 g/mol. The Hall–Kier alpha value is -3.66. The minimum Gasteiger partial charge on any atom is -0.466 e. The van der Waals surface area contributed by atoms with Crippen molar-refractivity contribution in [2.24, 2.45) is 5.92 Å². The Kier molecular flexibility index (Phi) is 9.06. The molecule has 0 saturated heterocycles. The topological polar surface area (TPSA) is 48.3 Å². The SMILES string of the molecule is CCOC(=O)CCCn1cc(C(=O)c2ccc(C(C)c3ccc(CC(C)C)cc3)c(C)c2C)c2ccccc21. The molecular formula is C35H41NO3. The molecule has 1 atom stereocenters. The van der Waals surface area contributed by atoms with Crippen LogP contribution in [-0.4, -0.2) is 22.9 Å². The lowest BCUT2D eigenvalue weighted by atomic mass is 9.85. The molecule has 0 aliphatic rings. The maximum Gasteiger partial charge on any atom is 0.305 e. The number of esters is 1. The summed E-state index contributed by atoms with van der Waals surface area (Å²) in [5.41, 5.74) is 8.55. The van der Waals surface area contributed by atoms with Gasteiger partial charge in [0.05, 0.1) is 6.61 Å². The zero-order chi connectivity index (χ0) is 28.1. The molecule has 4 rings (SSSR count). The minimum absolute atomic E-state index is 0.0354. The Balaban J connectivity index is 1.59. The summed E-state index contributed by atoms with van der Waals surface area (Å²) < 4.78 is 7.15. The van der Waals surface area contributed by atoms with E-state index in [9.17, 15) is 9.59 Å². The lowest BCUT2D eigenvalue weighted by Gasteiger charge is -2.19. The molecule has 1 aromatic heterocycles. The normalized spacial score (nSPS) is 12.2. The minimum atomic E-state index is -0.183. The molecule has 0 N–H and O–H groups in total. The van der Waals surface area contributed by atoms with Crippen LogP contribution < -0.4 is 0 Å². The third kappa shape index (κ3) is 6.33. The van der Waals surface area contributed by atoms with Crippen LogP contribution in [0, 0.1) is 19.8 Å². The number of benzene rings is 3. The van der Waals surface area contributed by atoms with Gasteiger partial charge in [-0.05, 0) is 73.4 Å². The van der Waals surface area contributed by atoms with Gasteiger partial charge in [-0.3, -0.25) is 9.59 Å². The van der Waals surface area contributed by atoms with Crippen LogP contribution in [0.5, 0.6) is 0 Å². The van der Waals surface area contributed by atoms with Crippen LogP contribution in [0.1, 0.15) is 90.2 Å². The van der Waals surface area contributed by atoms with Gasteiger partial charge < -0.3 is 9.30 Å². The van der Waals surface area contributed by atoms with Gasteiger partial charge in [-0.15, -0.1) is 0 Å². The van der Waals surface area contributed by atoms with E-state index in [-0.39, 0.29) is 17.7 Å². The largest absolute Gasteiger partial charge is 0.466 e. The smallest absolute Gasteiger partial charge is 0.305 e. The van der Waals surface area contributed by atoms with Crippen molar-refractivity contribution in [3.05, 3.63) is 106 Å². The highest BCUT2D eigenvalue weighted by molar-refractivity contribution is 6.17. The van der Waals surface area contributed by atoms with Gasteiger partial charge in [0.25, 0.3) is 0 Å². The van der Waals surface area contributed by atoms with Crippen LogP contribution in [0.3, 0.4) is 0 Å². The summed E-state index contributed by atoms with van der Waals surface area (Å²) in [5.74, 6) is 0.731. The zero-order valence-corrected chi connectivity index (χ0v) is 24.2. The third-order valence-corrected chi connectivity index (χ3v) is 7.78. The predicted molar refractivity (Wildman–Crippen MR) is 160 cm³/mol. The van der Waals surface area contributed by atoms with Crippen molar-refractivity contribution in [3.63, 3.8) is 0 Å². The van der Waals surface area contributed by atoms with Crippen LogP contribution in [-0.2, 0) is 22.5 Å². The van der Waals surface area contributed by atoms with E-state index in [4.69, 9.17) is 4.74 Å². The molecule has 4 heteroatoms. The van der Waals surface area contributed by atoms with Gasteiger partial charge in [0.1, 0.15) is 0 Å². The molecule has 0 spiro atoms. The number of carbonyl (C=O) groups is 2. The Labute approximate surface area is 233 Å². The van der Waals surface area contributed by atoms with Gasteiger partial charge in [-0.1, -0.05) is 75.4 Å². The molecule has 3 aromatic carbocycles. The number of ketones is 1. The monoisotopic (exact) mass is 523 g/mol. The molecule has 4 nitrogen and oxygen atoms in total. The van der Waals surface area contributed by atoms with E-state index in [2.05, 4.69) is 69.5 Å². The Morgan fingerprint density at radius 2 is 1.59 bits per heavy atom. The maximum absolute atomic E-state index is 13.9. The molecule has 39 heavy (non-hydrogen) atoms. The summed E-state index contributed by atoms with van der Waals surface area (Å²) in [6.07, 6.45) is 4.06. The van der Waals surface area contributed by atoms with E-state index in [1.807, 2.05) is 43.5 Å². The number of carbonyl (C=O) groups excluding carboxylic acids is 2. The van der Waals surface area contributed by atoms with E-state index >= 15 is 0 Å². The number of aromatic nitrogens is 1. The summed E-state index contributed by atoms with van der Waals surface area (Å²) in [6.45, 7) is 13.8. The highest BCUT2D eigenvalue weighted by Gasteiger charge is 2.21. The van der Waals surface area contributed by atoms with Crippen molar-refractivity contribution >= 4 is 22.7 Å². The van der Waals surface area contributed by atoms with E-state index in [1.165, 1.54) is 16.7 Å². The number of ether oxygens (including phenoxy) is 1. The first-order valence-electron chi connectivity index (χ1n) is 14.2. The summed E-state index contributed by atoms with van der Waals surface area (Å²) in [7, 11) is 0. The second kappa shape index (κ2) is 12.5. The maximum atomic E-state index is 13.9. The second-order valence-electron chi connectivity index (χ2n) is 11.0. The van der Waals surface area contributed by atoms with Crippen molar-refractivity contribution in [1.29, 1.82) is 0 Å². The molecule has 204 valence electrons. The first kappa shape index (κ1) is 28.4. The second-order valence-corrected chi connectivity index (χ2v) is 11.0. The predicted octanol–water partition coefficient (Wildman–Crippen LogP) is 8.18. The Morgan fingerprint density at radius 3 is 2.28 bits per heavy atom. The fraction of sp³-hybridized carbons (Fsp3) is 0.371. The van der Waals surface area contributed by atoms with Gasteiger partial charge >= 0.3 is 5.97 Å². The van der Waals surface area contributed by atoms with E-state index < -0.39 is 0 Å². The molecule has 0 fully saturated rings. The quantitative estimate of drug-likeness (QED) is 0.147. The summed E-state index contributed by atoms with van der Waals surface area (Å²) in [4.78, 5) is 25.7. The highest BCUT2D eigenvalue weighted by atomic mass is 16.5. The van der Waals surface area contributed by atoms with Crippen LogP contribution in [0.25, 0.3) is 10.9 Å². The summed E-state index contributed by atoms with van der Waals surface area (Å²) in [5, 5.41) is 0.939. The van der Waals surface area contributed by atoms with Crippen molar-refractivity contribution in [3.8, 4) is 0 Å². The third-order valence-electron chi connectivity index (χ3n) is 7.78. The molecule has 0 bridgehead atoms. The fourth-order valence-electron chi connectivity index (χ4n) is 5.53. The van der Waals surface area contributed by atoms with Gasteiger partial charge in [-0.2, -0.15) is 0 Å². The number of nitrogens with zero attached hydrogens (tertiary/aromatic N) is 1. The molecule has 0 amide bonds. The summed E-state index contributed by atoms with van der Waals surface area (Å²) >= 11 is 0. The van der Waals surface area contributed by atoms with E-state index in [1.54, 1.807) is 0 Å². The molecule has 0 aliphatic heterocycles. The van der Waals surface area contributed by atoms with Gasteiger partial charge in [0.2, 0.25) is 0 Å². The first-order valence-corrected chi connectivity index (χ1v) is 14.2. The van der Waals surface area contributed by atoms with Crippen molar-refractivity contribution in [1.82, 2.24) is 4.57 Å². The van der Waals surface area contributed by atoms with Gasteiger partial charge in [0.15, 0.2) is 5.78 Å². The number of aryl methyl sites for hydroxylation is 1. The lowest BCUT2D eigenvalue weighted by Crippen LogP contribution is -2.08. The zero-order valence-electron chi connectivity index (χ0n) is 24.2. The molecule has 1 unspecified atom stereocenters. The number of hydrogen-bond donors (Lipinski definition) is 0. The number of rotatable bonds is 11. The number of fused-ring (bicyclic) bond motifs is 1. The number of para-hydroxylation sites is 1. The van der Waals surface area contributed by atoms with E-state index in [0.29, 0.717) is 37.5 Å². The average molecular weight is 524 g/mol. The first-order chi connectivity index (χ1) is 18.7. The molecule has 0 saturated carbocycles. The fourth-order valence-corrected chi connectivity index (χ4v) is 5.53. The van der Waals surface area contributed by atoms with Crippen molar-refractivity contribution < 1.29 is 14.3 Å². The van der Waals surface area contributed by atoms with Crippen molar-refractivity contribution in [2.45, 2.75) is 73.3 Å². The molecule has 4 aromatic rings. The molecule has 1 heterocycles. The van der Waals surface area contributed by atoms with E-state index in [0.717, 1.165) is 34.0 Å². The van der Waals surface area contributed by atoms with Gasteiger partial charge in [0, 0.05) is 47.1 Å². The Bertz CT molecular complexity index is 1460. The van der Waals surface area contributed by atoms with Crippen LogP contribution in [0.15, 0.2) is 66.9 Å². The molecule has 0 radical (unpaired) electrons. The average Bonchev–Trinajstić information content (AvgIpc) is 3.28. The highest BCUT2D eigenvalue weighted by Crippen LogP contribution is 2.32. The van der Waals surface area contributed by atoms with Crippen LogP contribution in [0.4, 0.5) is 0 Å². The Morgan fingerprint density at radius 1 is 0.872 bits per heavy atom. The summed E-state index contributed by atoms with van der Waals surface area (Å²) in [6, 6.07) is 21.1. The lowest BCUT2D eigenvalue weighted by molar-refractivity contribution is -0.143. The van der Waals surface area contributed by atoms with Crippen LogP contribution >= 0.6 is 0 Å². The standard InChI is InChI=1S/C35H41NO3/c1-7-39-34(37)13-10-20-36-22-32(31-11-8-9-12-33(31)36)35(38)30-19-18-29(24(4)25(30)5)26(6)28-16-14-27(15-17-28)21-23(2)3/h8-9,11-12,14-19,22-23,26H,7,10,13,20-21H2,1-6H3. The van der Waals surface area contributed by atoms with Crippen LogP contribution in [0.2, 0.25) is 0 Å².